The molecule has 2 aromatic heterocycles. The molecule has 0 aromatic carbocycles. The van der Waals surface area contributed by atoms with Crippen molar-refractivity contribution in [3.8, 4) is 0 Å². The Balaban J connectivity index is 1.78. The van der Waals surface area contributed by atoms with Crippen molar-refractivity contribution in [3.05, 3.63) is 41.5 Å². The summed E-state index contributed by atoms with van der Waals surface area (Å²) in [5.41, 5.74) is -2.43. The van der Waals surface area contributed by atoms with Crippen LogP contribution in [0, 0.1) is 11.3 Å². The molecule has 0 atom stereocenters. The summed E-state index contributed by atoms with van der Waals surface area (Å²) in [5, 5.41) is 6.22. The van der Waals surface area contributed by atoms with Gasteiger partial charge in [-0.3, -0.25) is 9.48 Å². The van der Waals surface area contributed by atoms with Gasteiger partial charge in [-0.15, -0.1) is 0 Å². The van der Waals surface area contributed by atoms with Gasteiger partial charge in [-0.25, -0.2) is 13.8 Å². The largest absolute Gasteiger partial charge is 0.433 e. The molecule has 2 heterocycles. The summed E-state index contributed by atoms with van der Waals surface area (Å²) in [6.07, 6.45) is -2.92. The first-order chi connectivity index (χ1) is 14.4. The molecule has 0 spiro atoms. The molecule has 31 heavy (non-hydrogen) atoms. The lowest BCUT2D eigenvalue weighted by Crippen LogP contribution is -2.27. The number of hydrogen-bond acceptors (Lipinski definition) is 3. The summed E-state index contributed by atoms with van der Waals surface area (Å²) in [6, 6.07) is 2.78. The van der Waals surface area contributed by atoms with Crippen LogP contribution in [0.25, 0.3) is 0 Å². The van der Waals surface area contributed by atoms with E-state index in [2.05, 4.69) is 36.2 Å². The average molecular weight is 444 g/mol. The van der Waals surface area contributed by atoms with Crippen molar-refractivity contribution < 1.29 is 26.7 Å². The molecular formula is C21H25F5N4O. The highest BCUT2D eigenvalue weighted by Gasteiger charge is 2.34. The Morgan fingerprint density at radius 2 is 1.77 bits per heavy atom. The van der Waals surface area contributed by atoms with Crippen molar-refractivity contribution in [1.82, 2.24) is 14.8 Å². The summed E-state index contributed by atoms with van der Waals surface area (Å²) in [5.74, 6) is -0.482. The smallest absolute Gasteiger partial charge is 0.318 e. The first-order valence-electron chi connectivity index (χ1n) is 10.1. The maximum atomic E-state index is 13.5. The summed E-state index contributed by atoms with van der Waals surface area (Å²) in [4.78, 5) is 15.7. The molecule has 0 unspecified atom stereocenters. The van der Waals surface area contributed by atoms with Crippen molar-refractivity contribution in [2.75, 3.05) is 5.32 Å². The van der Waals surface area contributed by atoms with E-state index in [1.807, 2.05) is 0 Å². The molecule has 10 heteroatoms. The number of nitrogens with zero attached hydrogens (tertiary/aromatic N) is 3. The Labute approximate surface area is 177 Å². The average Bonchev–Trinajstić information content (AvgIpc) is 3.11. The van der Waals surface area contributed by atoms with Gasteiger partial charge in [-0.1, -0.05) is 26.8 Å². The Bertz CT molecular complexity index is 925. The lowest BCUT2D eigenvalue weighted by molar-refractivity contribution is -0.141. The predicted molar refractivity (Wildman–Crippen MR) is 105 cm³/mol. The number of rotatable bonds is 4. The van der Waals surface area contributed by atoms with E-state index in [1.54, 1.807) is 0 Å². The number of pyridine rings is 1. The Morgan fingerprint density at radius 3 is 2.32 bits per heavy atom. The Kier molecular flexibility index (Phi) is 6.38. The van der Waals surface area contributed by atoms with Gasteiger partial charge in [-0.2, -0.15) is 18.3 Å². The molecule has 1 aliphatic carbocycles. The maximum Gasteiger partial charge on any atom is 0.433 e. The highest BCUT2D eigenvalue weighted by atomic mass is 19.4. The molecule has 2 aromatic rings. The highest BCUT2D eigenvalue weighted by molar-refractivity contribution is 6.03. The number of nitrogens with one attached hydrogen (secondary N) is 1. The third kappa shape index (κ3) is 5.40. The summed E-state index contributed by atoms with van der Waals surface area (Å²) in [6.45, 7) is 6.53. The minimum absolute atomic E-state index is 0.0755. The van der Waals surface area contributed by atoms with E-state index in [0.29, 0.717) is 5.92 Å². The van der Waals surface area contributed by atoms with Crippen LogP contribution in [0.1, 0.15) is 80.8 Å². The number of carbonyl (C=O) groups excluding carboxylic acids is 1. The molecule has 0 radical (unpaired) electrons. The summed E-state index contributed by atoms with van der Waals surface area (Å²) < 4.78 is 67.0. The fraction of sp³-hybridized carbons (Fsp3) is 0.571. The zero-order chi connectivity index (χ0) is 23.0. The van der Waals surface area contributed by atoms with Crippen molar-refractivity contribution >= 4 is 11.6 Å². The number of hydrogen-bond donors (Lipinski definition) is 1. The highest BCUT2D eigenvalue weighted by Crippen LogP contribution is 2.42. The third-order valence-corrected chi connectivity index (χ3v) is 5.78. The molecule has 0 bridgehead atoms. The first kappa shape index (κ1) is 23.1. The lowest BCUT2D eigenvalue weighted by Gasteiger charge is -2.37. The number of halogens is 5. The molecule has 0 saturated heterocycles. The van der Waals surface area contributed by atoms with Crippen LogP contribution < -0.4 is 5.32 Å². The van der Waals surface area contributed by atoms with Crippen molar-refractivity contribution in [1.29, 1.82) is 0 Å². The van der Waals surface area contributed by atoms with Crippen LogP contribution in [0.15, 0.2) is 24.4 Å². The fourth-order valence-corrected chi connectivity index (χ4v) is 3.96. The second-order valence-corrected chi connectivity index (χ2v) is 8.94. The van der Waals surface area contributed by atoms with Gasteiger partial charge in [0.1, 0.15) is 11.4 Å². The van der Waals surface area contributed by atoms with Gasteiger partial charge in [0.25, 0.3) is 12.3 Å². The summed E-state index contributed by atoms with van der Waals surface area (Å²) in [7, 11) is 0. The van der Waals surface area contributed by atoms with Gasteiger partial charge < -0.3 is 5.32 Å². The second kappa shape index (κ2) is 8.55. The van der Waals surface area contributed by atoms with Crippen LogP contribution in [0.2, 0.25) is 0 Å². The molecule has 1 aliphatic rings. The zero-order valence-corrected chi connectivity index (χ0v) is 17.5. The van der Waals surface area contributed by atoms with Gasteiger partial charge in [0, 0.05) is 6.20 Å². The van der Waals surface area contributed by atoms with E-state index in [-0.39, 0.29) is 17.1 Å². The molecule has 1 amide bonds. The quantitative estimate of drug-likeness (QED) is 0.566. The van der Waals surface area contributed by atoms with Crippen molar-refractivity contribution in [2.45, 2.75) is 65.1 Å². The molecule has 170 valence electrons. The second-order valence-electron chi connectivity index (χ2n) is 8.94. The van der Waals surface area contributed by atoms with E-state index >= 15 is 0 Å². The lowest BCUT2D eigenvalue weighted by atomic mass is 9.71. The van der Waals surface area contributed by atoms with Crippen LogP contribution in [-0.2, 0) is 6.18 Å². The predicted octanol–water partition coefficient (Wildman–Crippen LogP) is 6.26. The SMILES string of the molecule is CC(C)(C)[C@H]1CC[C@@H](n2cc(NC(=O)c3cccc(C(F)(F)F)n3)c(C(F)F)n2)CC1. The van der Waals surface area contributed by atoms with Crippen LogP contribution >= 0.6 is 0 Å². The van der Waals surface area contributed by atoms with Gasteiger partial charge >= 0.3 is 6.18 Å². The van der Waals surface area contributed by atoms with Gasteiger partial charge in [-0.05, 0) is 49.1 Å². The monoisotopic (exact) mass is 444 g/mol. The number of alkyl halides is 5. The Morgan fingerprint density at radius 1 is 1.13 bits per heavy atom. The Hall–Kier alpha value is -2.52. The van der Waals surface area contributed by atoms with Crippen molar-refractivity contribution in [3.63, 3.8) is 0 Å². The molecule has 1 saturated carbocycles. The number of amides is 1. The minimum Gasteiger partial charge on any atom is -0.318 e. The molecule has 0 aliphatic heterocycles. The molecule has 3 rings (SSSR count). The molecule has 5 nitrogen and oxygen atoms in total. The van der Waals surface area contributed by atoms with E-state index < -0.39 is 35.6 Å². The van der Waals surface area contributed by atoms with Crippen LogP contribution in [-0.4, -0.2) is 20.7 Å². The van der Waals surface area contributed by atoms with Gasteiger partial charge in [0.2, 0.25) is 0 Å². The molecule has 1 fully saturated rings. The van der Waals surface area contributed by atoms with Crippen LogP contribution in [0.5, 0.6) is 0 Å². The van der Waals surface area contributed by atoms with Gasteiger partial charge in [0.05, 0.1) is 11.7 Å². The third-order valence-electron chi connectivity index (χ3n) is 5.78. The maximum absolute atomic E-state index is 13.5. The van der Waals surface area contributed by atoms with E-state index in [0.717, 1.165) is 43.9 Å². The molecular weight excluding hydrogens is 419 g/mol. The topological polar surface area (TPSA) is 59.8 Å². The number of anilines is 1. The summed E-state index contributed by atoms with van der Waals surface area (Å²) >= 11 is 0. The van der Waals surface area contributed by atoms with Crippen LogP contribution in [0.4, 0.5) is 27.6 Å². The van der Waals surface area contributed by atoms with E-state index in [4.69, 9.17) is 0 Å². The van der Waals surface area contributed by atoms with Gasteiger partial charge in [0.15, 0.2) is 5.69 Å². The van der Waals surface area contributed by atoms with E-state index in [9.17, 15) is 26.7 Å². The zero-order valence-electron chi connectivity index (χ0n) is 17.5. The molecule has 1 N–H and O–H groups in total. The standard InChI is InChI=1S/C21H25F5N4O/c1-20(2,3)12-7-9-13(10-8-12)30-11-15(17(29-30)18(22)23)28-19(31)14-5-4-6-16(27-14)21(24,25)26/h4-6,11-13,18H,7-10H2,1-3H3,(H,28,31)/t12-,13+. The fourth-order valence-electron chi connectivity index (χ4n) is 3.96. The van der Waals surface area contributed by atoms with Crippen molar-refractivity contribution in [2.24, 2.45) is 11.3 Å². The first-order valence-corrected chi connectivity index (χ1v) is 10.1. The minimum atomic E-state index is -4.72. The number of aromatic nitrogens is 3. The number of carbonyl (C=O) groups is 1. The normalized spacial score (nSPS) is 20.2. The van der Waals surface area contributed by atoms with Crippen LogP contribution in [0.3, 0.4) is 0 Å². The van der Waals surface area contributed by atoms with E-state index in [1.165, 1.54) is 10.9 Å².